The summed E-state index contributed by atoms with van der Waals surface area (Å²) in [5, 5.41) is 2.60. The molecule has 0 bridgehead atoms. The van der Waals surface area contributed by atoms with Crippen molar-refractivity contribution in [2.75, 3.05) is 7.11 Å². The molecule has 1 heterocycles. The average Bonchev–Trinajstić information content (AvgIpc) is 2.65. The summed E-state index contributed by atoms with van der Waals surface area (Å²) in [5.74, 6) is -1.20. The molecule has 0 aliphatic carbocycles. The van der Waals surface area contributed by atoms with Crippen LogP contribution in [0.3, 0.4) is 0 Å². The fourth-order valence-corrected chi connectivity index (χ4v) is 2.47. The normalized spacial score (nSPS) is 13.0. The van der Waals surface area contributed by atoms with E-state index in [-0.39, 0.29) is 0 Å². The Morgan fingerprint density at radius 2 is 1.52 bits per heavy atom. The van der Waals surface area contributed by atoms with Gasteiger partial charge >= 0.3 is 12.1 Å². The first-order valence-electron chi connectivity index (χ1n) is 8.04. The highest BCUT2D eigenvalue weighted by Crippen LogP contribution is 2.32. The molecule has 0 aliphatic heterocycles. The number of rotatable bonds is 5. The minimum absolute atomic E-state index is 0.381. The standard InChI is InChI=1S/C19H19F3N2O3/c1-18(2,13-4-6-14(7-5-13)19(20,21)22)17(26)24-15(16(25)27-3)12-8-10-23-11-9-12/h4-11,15H,1-3H3,(H,24,26). The van der Waals surface area contributed by atoms with Crippen LogP contribution in [0.5, 0.6) is 0 Å². The lowest BCUT2D eigenvalue weighted by atomic mass is 9.83. The second-order valence-corrected chi connectivity index (χ2v) is 6.41. The SMILES string of the molecule is COC(=O)C(NC(=O)C(C)(C)c1ccc(C(F)(F)F)cc1)c1ccncc1. The summed E-state index contributed by atoms with van der Waals surface area (Å²) in [6.07, 6.45) is -1.51. The summed E-state index contributed by atoms with van der Waals surface area (Å²) >= 11 is 0. The van der Waals surface area contributed by atoms with E-state index in [0.29, 0.717) is 11.1 Å². The number of aromatic nitrogens is 1. The summed E-state index contributed by atoms with van der Waals surface area (Å²) in [4.78, 5) is 28.7. The van der Waals surface area contributed by atoms with Gasteiger partial charge in [-0.05, 0) is 49.2 Å². The highest BCUT2D eigenvalue weighted by atomic mass is 19.4. The number of hydrogen-bond acceptors (Lipinski definition) is 4. The number of carbonyl (C=O) groups excluding carboxylic acids is 2. The molecule has 1 N–H and O–H groups in total. The highest BCUT2D eigenvalue weighted by Gasteiger charge is 2.35. The van der Waals surface area contributed by atoms with Gasteiger partial charge in [-0.3, -0.25) is 9.78 Å². The Morgan fingerprint density at radius 1 is 1.00 bits per heavy atom. The Bertz CT molecular complexity index is 803. The molecule has 1 amide bonds. The van der Waals surface area contributed by atoms with Crippen LogP contribution in [0.2, 0.25) is 0 Å². The van der Waals surface area contributed by atoms with Crippen molar-refractivity contribution in [1.82, 2.24) is 10.3 Å². The number of benzene rings is 1. The number of ether oxygens (including phenoxy) is 1. The van der Waals surface area contributed by atoms with Crippen molar-refractivity contribution < 1.29 is 27.5 Å². The molecular weight excluding hydrogens is 361 g/mol. The lowest BCUT2D eigenvalue weighted by molar-refractivity contribution is -0.146. The number of methoxy groups -OCH3 is 1. The number of nitrogens with one attached hydrogen (secondary N) is 1. The molecule has 2 aromatic rings. The molecule has 1 unspecified atom stereocenters. The first-order chi connectivity index (χ1) is 12.6. The van der Waals surface area contributed by atoms with Gasteiger partial charge in [0.05, 0.1) is 18.1 Å². The molecule has 2 rings (SSSR count). The van der Waals surface area contributed by atoms with Gasteiger partial charge in [0.2, 0.25) is 5.91 Å². The fourth-order valence-electron chi connectivity index (χ4n) is 2.47. The number of halogens is 3. The molecule has 0 saturated heterocycles. The molecule has 1 aromatic carbocycles. The molecule has 0 aliphatic rings. The molecule has 8 heteroatoms. The Kier molecular flexibility index (Phi) is 5.88. The van der Waals surface area contributed by atoms with Gasteiger partial charge < -0.3 is 10.1 Å². The second-order valence-electron chi connectivity index (χ2n) is 6.41. The molecule has 27 heavy (non-hydrogen) atoms. The summed E-state index contributed by atoms with van der Waals surface area (Å²) in [5.41, 5.74) is -1.12. The van der Waals surface area contributed by atoms with Gasteiger partial charge in [-0.15, -0.1) is 0 Å². The molecule has 0 fully saturated rings. The van der Waals surface area contributed by atoms with Gasteiger partial charge in [-0.1, -0.05) is 12.1 Å². The zero-order valence-corrected chi connectivity index (χ0v) is 15.0. The van der Waals surface area contributed by atoms with E-state index in [0.717, 1.165) is 12.1 Å². The lowest BCUT2D eigenvalue weighted by Crippen LogP contribution is -2.44. The number of nitrogens with zero attached hydrogens (tertiary/aromatic N) is 1. The molecule has 1 atom stereocenters. The Morgan fingerprint density at radius 3 is 2.00 bits per heavy atom. The van der Waals surface area contributed by atoms with E-state index < -0.39 is 35.1 Å². The van der Waals surface area contributed by atoms with E-state index in [2.05, 4.69) is 10.3 Å². The Labute approximate surface area is 154 Å². The van der Waals surface area contributed by atoms with Crippen LogP contribution in [0.4, 0.5) is 13.2 Å². The predicted molar refractivity (Wildman–Crippen MR) is 91.6 cm³/mol. The van der Waals surface area contributed by atoms with Gasteiger partial charge in [-0.2, -0.15) is 13.2 Å². The predicted octanol–water partition coefficient (Wildman–Crippen LogP) is 3.41. The number of pyridine rings is 1. The Balaban J connectivity index is 2.27. The number of hydrogen-bond donors (Lipinski definition) is 1. The summed E-state index contributed by atoms with van der Waals surface area (Å²) in [7, 11) is 1.20. The minimum atomic E-state index is -4.46. The molecule has 0 saturated carbocycles. The number of esters is 1. The largest absolute Gasteiger partial charge is 0.467 e. The van der Waals surface area contributed by atoms with Crippen molar-refractivity contribution in [1.29, 1.82) is 0 Å². The van der Waals surface area contributed by atoms with Crippen molar-refractivity contribution in [2.45, 2.75) is 31.5 Å². The van der Waals surface area contributed by atoms with Crippen molar-refractivity contribution in [3.63, 3.8) is 0 Å². The van der Waals surface area contributed by atoms with Crippen molar-refractivity contribution >= 4 is 11.9 Å². The van der Waals surface area contributed by atoms with Crippen LogP contribution in [-0.2, 0) is 25.9 Å². The second kappa shape index (κ2) is 7.77. The van der Waals surface area contributed by atoms with Crippen LogP contribution in [0.25, 0.3) is 0 Å². The monoisotopic (exact) mass is 380 g/mol. The van der Waals surface area contributed by atoms with E-state index in [1.807, 2.05) is 0 Å². The van der Waals surface area contributed by atoms with Crippen molar-refractivity contribution in [2.24, 2.45) is 0 Å². The van der Waals surface area contributed by atoms with E-state index in [9.17, 15) is 22.8 Å². The molecular formula is C19H19F3N2O3. The fraction of sp³-hybridized carbons (Fsp3) is 0.316. The van der Waals surface area contributed by atoms with Crippen LogP contribution in [0, 0.1) is 0 Å². The zero-order chi connectivity index (χ0) is 20.2. The van der Waals surface area contributed by atoms with E-state index in [1.54, 1.807) is 26.0 Å². The van der Waals surface area contributed by atoms with Crippen LogP contribution in [-0.4, -0.2) is 24.0 Å². The summed E-state index contributed by atoms with van der Waals surface area (Å²) < 4.78 is 42.9. The van der Waals surface area contributed by atoms with Crippen LogP contribution >= 0.6 is 0 Å². The third-order valence-electron chi connectivity index (χ3n) is 4.25. The molecule has 5 nitrogen and oxygen atoms in total. The van der Waals surface area contributed by atoms with E-state index in [1.165, 1.54) is 31.6 Å². The molecule has 0 radical (unpaired) electrons. The maximum absolute atomic E-state index is 12.8. The number of alkyl halides is 3. The first-order valence-corrected chi connectivity index (χ1v) is 8.04. The Hall–Kier alpha value is -2.90. The first kappa shape index (κ1) is 20.4. The zero-order valence-electron chi connectivity index (χ0n) is 15.0. The quantitative estimate of drug-likeness (QED) is 0.808. The number of amides is 1. The van der Waals surface area contributed by atoms with Crippen molar-refractivity contribution in [3.05, 3.63) is 65.5 Å². The third-order valence-corrected chi connectivity index (χ3v) is 4.25. The van der Waals surface area contributed by atoms with Crippen LogP contribution in [0.1, 0.15) is 36.6 Å². The van der Waals surface area contributed by atoms with E-state index >= 15 is 0 Å². The summed E-state index contributed by atoms with van der Waals surface area (Å²) in [6.45, 7) is 3.12. The third kappa shape index (κ3) is 4.64. The van der Waals surface area contributed by atoms with E-state index in [4.69, 9.17) is 4.74 Å². The maximum atomic E-state index is 12.8. The van der Waals surface area contributed by atoms with Gasteiger partial charge in [0.1, 0.15) is 0 Å². The maximum Gasteiger partial charge on any atom is 0.416 e. The van der Waals surface area contributed by atoms with Gasteiger partial charge in [0.15, 0.2) is 6.04 Å². The smallest absolute Gasteiger partial charge is 0.416 e. The summed E-state index contributed by atoms with van der Waals surface area (Å²) in [6, 6.07) is 6.42. The van der Waals surface area contributed by atoms with Gasteiger partial charge in [0.25, 0.3) is 0 Å². The molecule has 0 spiro atoms. The van der Waals surface area contributed by atoms with Gasteiger partial charge in [-0.25, -0.2) is 4.79 Å². The topological polar surface area (TPSA) is 68.3 Å². The number of carbonyl (C=O) groups is 2. The molecule has 144 valence electrons. The average molecular weight is 380 g/mol. The highest BCUT2D eigenvalue weighted by molar-refractivity contribution is 5.91. The van der Waals surface area contributed by atoms with Crippen molar-refractivity contribution in [3.8, 4) is 0 Å². The minimum Gasteiger partial charge on any atom is -0.467 e. The lowest BCUT2D eigenvalue weighted by Gasteiger charge is -2.27. The molecule has 1 aromatic heterocycles. The van der Waals surface area contributed by atoms with Gasteiger partial charge in [0, 0.05) is 12.4 Å². The van der Waals surface area contributed by atoms with Crippen LogP contribution < -0.4 is 5.32 Å². The van der Waals surface area contributed by atoms with Crippen LogP contribution in [0.15, 0.2) is 48.8 Å².